The molecule has 1 N–H and O–H groups in total. The molecule has 1 aromatic carbocycles. The van der Waals surface area contributed by atoms with Gasteiger partial charge in [0.2, 0.25) is 0 Å². The van der Waals surface area contributed by atoms with Crippen LogP contribution in [-0.2, 0) is 0 Å². The first-order valence-corrected chi connectivity index (χ1v) is 6.96. The summed E-state index contributed by atoms with van der Waals surface area (Å²) in [6.07, 6.45) is 5.96. The zero-order valence-corrected chi connectivity index (χ0v) is 10.4. The average molecular weight is 230 g/mol. The maximum atomic E-state index is 3.69. The van der Waals surface area contributed by atoms with E-state index in [2.05, 4.69) is 40.5 Å². The minimum absolute atomic E-state index is 0.622. The highest BCUT2D eigenvalue weighted by Gasteiger charge is 2.28. The van der Waals surface area contributed by atoms with Crippen LogP contribution in [0, 0.1) is 0 Å². The molecule has 0 aliphatic carbocycles. The van der Waals surface area contributed by atoms with Crippen LogP contribution in [0.3, 0.4) is 0 Å². The van der Waals surface area contributed by atoms with E-state index in [1.807, 2.05) is 0 Å². The van der Waals surface area contributed by atoms with Crippen LogP contribution in [0.15, 0.2) is 30.3 Å². The van der Waals surface area contributed by atoms with Gasteiger partial charge in [0.05, 0.1) is 6.17 Å². The molecule has 0 amide bonds. The number of benzene rings is 1. The second kappa shape index (κ2) is 5.19. The van der Waals surface area contributed by atoms with E-state index in [4.69, 9.17) is 0 Å². The Morgan fingerprint density at radius 3 is 2.59 bits per heavy atom. The van der Waals surface area contributed by atoms with Crippen molar-refractivity contribution in [3.63, 3.8) is 0 Å². The molecule has 2 aliphatic heterocycles. The van der Waals surface area contributed by atoms with E-state index in [1.165, 1.54) is 50.9 Å². The van der Waals surface area contributed by atoms with Gasteiger partial charge in [0.15, 0.2) is 0 Å². The fraction of sp³-hybridized carbons (Fsp3) is 0.600. The predicted molar refractivity (Wildman–Crippen MR) is 71.0 cm³/mol. The highest BCUT2D eigenvalue weighted by atomic mass is 15.3. The van der Waals surface area contributed by atoms with Crippen LogP contribution >= 0.6 is 0 Å². The summed E-state index contributed by atoms with van der Waals surface area (Å²) in [5.74, 6) is 0.753. The quantitative estimate of drug-likeness (QED) is 0.840. The van der Waals surface area contributed by atoms with E-state index < -0.39 is 0 Å². The zero-order valence-electron chi connectivity index (χ0n) is 10.4. The van der Waals surface area contributed by atoms with Crippen LogP contribution in [0.25, 0.3) is 0 Å². The molecule has 2 aliphatic rings. The Hall–Kier alpha value is -0.860. The number of rotatable bonds is 2. The Morgan fingerprint density at radius 1 is 1.06 bits per heavy atom. The van der Waals surface area contributed by atoms with Gasteiger partial charge in [0.25, 0.3) is 0 Å². The Bertz CT molecular complexity index is 343. The maximum absolute atomic E-state index is 3.69. The normalized spacial score (nSPS) is 30.6. The summed E-state index contributed by atoms with van der Waals surface area (Å²) in [5.41, 5.74) is 1.53. The molecule has 1 aromatic rings. The van der Waals surface area contributed by atoms with E-state index in [0.717, 1.165) is 5.92 Å². The van der Waals surface area contributed by atoms with Crippen molar-refractivity contribution < 1.29 is 0 Å². The fourth-order valence-corrected chi connectivity index (χ4v) is 3.25. The largest absolute Gasteiger partial charge is 0.302 e. The van der Waals surface area contributed by atoms with Crippen molar-refractivity contribution in [1.82, 2.24) is 10.2 Å². The second-order valence-electron chi connectivity index (χ2n) is 5.34. The van der Waals surface area contributed by atoms with Gasteiger partial charge in [-0.1, -0.05) is 30.3 Å². The summed E-state index contributed by atoms with van der Waals surface area (Å²) in [7, 11) is 0. The van der Waals surface area contributed by atoms with Crippen LogP contribution in [-0.4, -0.2) is 30.7 Å². The molecule has 2 fully saturated rings. The number of hydrogen-bond donors (Lipinski definition) is 1. The van der Waals surface area contributed by atoms with Crippen LogP contribution in [0.1, 0.15) is 37.2 Å². The van der Waals surface area contributed by atoms with Gasteiger partial charge in [-0.25, -0.2) is 0 Å². The third-order valence-corrected chi connectivity index (χ3v) is 4.23. The first kappa shape index (κ1) is 11.2. The van der Waals surface area contributed by atoms with Gasteiger partial charge in [-0.15, -0.1) is 0 Å². The Balaban J connectivity index is 1.67. The summed E-state index contributed by atoms with van der Waals surface area (Å²) in [6.45, 7) is 3.75. The lowest BCUT2D eigenvalue weighted by molar-refractivity contribution is 0.158. The average Bonchev–Trinajstić information content (AvgIpc) is 2.94. The molecule has 2 nitrogen and oxygen atoms in total. The van der Waals surface area contributed by atoms with Crippen LogP contribution in [0.2, 0.25) is 0 Å². The van der Waals surface area contributed by atoms with Gasteiger partial charge in [0.1, 0.15) is 0 Å². The highest BCUT2D eigenvalue weighted by molar-refractivity contribution is 5.20. The fourth-order valence-electron chi connectivity index (χ4n) is 3.25. The van der Waals surface area contributed by atoms with E-state index in [-0.39, 0.29) is 0 Å². The summed E-state index contributed by atoms with van der Waals surface area (Å²) < 4.78 is 0. The first-order chi connectivity index (χ1) is 8.43. The molecule has 2 unspecified atom stereocenters. The zero-order chi connectivity index (χ0) is 11.5. The lowest BCUT2D eigenvalue weighted by Crippen LogP contribution is -2.48. The number of hydrogen-bond acceptors (Lipinski definition) is 2. The molecule has 0 bridgehead atoms. The van der Waals surface area contributed by atoms with Gasteiger partial charge >= 0.3 is 0 Å². The molecular weight excluding hydrogens is 208 g/mol. The Labute approximate surface area is 104 Å². The highest BCUT2D eigenvalue weighted by Crippen LogP contribution is 2.29. The van der Waals surface area contributed by atoms with E-state index in [1.54, 1.807) is 0 Å². The molecule has 2 saturated heterocycles. The molecule has 17 heavy (non-hydrogen) atoms. The molecule has 0 saturated carbocycles. The van der Waals surface area contributed by atoms with E-state index >= 15 is 0 Å². The van der Waals surface area contributed by atoms with Crippen molar-refractivity contribution >= 4 is 0 Å². The Kier molecular flexibility index (Phi) is 3.44. The number of nitrogens with zero attached hydrogens (tertiary/aromatic N) is 1. The Morgan fingerprint density at radius 2 is 1.82 bits per heavy atom. The lowest BCUT2D eigenvalue weighted by atomic mass is 9.88. The molecule has 0 aromatic heterocycles. The molecule has 0 radical (unpaired) electrons. The van der Waals surface area contributed by atoms with Gasteiger partial charge in [-0.05, 0) is 56.8 Å². The molecule has 0 spiro atoms. The van der Waals surface area contributed by atoms with Crippen LogP contribution in [0.5, 0.6) is 0 Å². The summed E-state index contributed by atoms with van der Waals surface area (Å²) in [4.78, 5) is 2.63. The van der Waals surface area contributed by atoms with Crippen molar-refractivity contribution in [3.8, 4) is 0 Å². The van der Waals surface area contributed by atoms with Crippen molar-refractivity contribution in [2.24, 2.45) is 0 Å². The van der Waals surface area contributed by atoms with Gasteiger partial charge in [-0.3, -0.25) is 4.90 Å². The van der Waals surface area contributed by atoms with Crippen molar-refractivity contribution in [2.45, 2.75) is 37.8 Å². The number of piperidine rings is 1. The molecule has 2 heterocycles. The van der Waals surface area contributed by atoms with Crippen LogP contribution < -0.4 is 5.32 Å². The van der Waals surface area contributed by atoms with Gasteiger partial charge in [0, 0.05) is 0 Å². The minimum atomic E-state index is 0.622. The minimum Gasteiger partial charge on any atom is -0.302 e. The van der Waals surface area contributed by atoms with Crippen molar-refractivity contribution in [3.05, 3.63) is 35.9 Å². The third kappa shape index (κ3) is 2.53. The maximum Gasteiger partial charge on any atom is 0.0602 e. The molecule has 2 atom stereocenters. The molecule has 2 heteroatoms. The smallest absolute Gasteiger partial charge is 0.0602 e. The third-order valence-electron chi connectivity index (χ3n) is 4.23. The van der Waals surface area contributed by atoms with Gasteiger partial charge in [-0.2, -0.15) is 0 Å². The van der Waals surface area contributed by atoms with Gasteiger partial charge < -0.3 is 5.32 Å². The second-order valence-corrected chi connectivity index (χ2v) is 5.34. The summed E-state index contributed by atoms with van der Waals surface area (Å²) in [6, 6.07) is 11.0. The predicted octanol–water partition coefficient (Wildman–Crippen LogP) is 2.58. The standard InChI is InChI=1S/C15H22N2/c1-2-6-13(7-3-1)14-8-9-16-15(12-14)17-10-4-5-11-17/h1-3,6-7,14-16H,4-5,8-12H2. The van der Waals surface area contributed by atoms with E-state index in [9.17, 15) is 0 Å². The topological polar surface area (TPSA) is 15.3 Å². The summed E-state index contributed by atoms with van der Waals surface area (Å²) in [5, 5.41) is 3.69. The lowest BCUT2D eigenvalue weighted by Gasteiger charge is -2.36. The van der Waals surface area contributed by atoms with Crippen molar-refractivity contribution in [2.75, 3.05) is 19.6 Å². The number of likely N-dealkylation sites (tertiary alicyclic amines) is 1. The molecular formula is C15H22N2. The SMILES string of the molecule is c1ccc(C2CCNC(N3CCCC3)C2)cc1. The van der Waals surface area contributed by atoms with E-state index in [0.29, 0.717) is 6.17 Å². The monoisotopic (exact) mass is 230 g/mol. The molecule has 3 rings (SSSR count). The number of nitrogens with one attached hydrogen (secondary N) is 1. The van der Waals surface area contributed by atoms with Crippen LogP contribution in [0.4, 0.5) is 0 Å². The van der Waals surface area contributed by atoms with Crippen molar-refractivity contribution in [1.29, 1.82) is 0 Å². The summed E-state index contributed by atoms with van der Waals surface area (Å²) >= 11 is 0. The first-order valence-electron chi connectivity index (χ1n) is 6.96. The molecule has 92 valence electrons.